The van der Waals surface area contributed by atoms with Crippen molar-refractivity contribution in [3.05, 3.63) is 77.9 Å². The number of hydrogen-bond donors (Lipinski definition) is 3. The van der Waals surface area contributed by atoms with E-state index >= 15 is 0 Å². The van der Waals surface area contributed by atoms with Crippen LogP contribution in [0.2, 0.25) is 0 Å². The molecular weight excluding hydrogens is 342 g/mol. The van der Waals surface area contributed by atoms with Crippen LogP contribution in [-0.4, -0.2) is 33.8 Å². The average Bonchev–Trinajstić information content (AvgIpc) is 3.15. The molecule has 0 saturated carbocycles. The molecule has 1 aromatic heterocycles. The van der Waals surface area contributed by atoms with Crippen LogP contribution < -0.4 is 10.6 Å². The molecule has 1 aliphatic rings. The lowest BCUT2D eigenvalue weighted by Gasteiger charge is -2.21. The van der Waals surface area contributed by atoms with E-state index in [0.717, 1.165) is 22.2 Å². The second-order valence-electron chi connectivity index (χ2n) is 6.02. The molecule has 0 fully saturated rings. The van der Waals surface area contributed by atoms with Gasteiger partial charge in [0.05, 0.1) is 35.6 Å². The zero-order chi connectivity index (χ0) is 18.6. The first-order valence-electron chi connectivity index (χ1n) is 8.47. The van der Waals surface area contributed by atoms with Crippen LogP contribution in [0.4, 0.5) is 0 Å². The van der Waals surface area contributed by atoms with Gasteiger partial charge in [-0.25, -0.2) is 4.99 Å². The summed E-state index contributed by atoms with van der Waals surface area (Å²) in [7, 11) is 0. The summed E-state index contributed by atoms with van der Waals surface area (Å²) >= 11 is 0. The highest BCUT2D eigenvalue weighted by Crippen LogP contribution is 2.24. The third kappa shape index (κ3) is 3.54. The van der Waals surface area contributed by atoms with Crippen molar-refractivity contribution in [3.63, 3.8) is 0 Å². The van der Waals surface area contributed by atoms with Crippen molar-refractivity contribution in [3.8, 4) is 0 Å². The van der Waals surface area contributed by atoms with Gasteiger partial charge in [0.25, 0.3) is 5.91 Å². The van der Waals surface area contributed by atoms with E-state index in [0.29, 0.717) is 11.5 Å². The van der Waals surface area contributed by atoms with E-state index in [9.17, 15) is 9.90 Å². The van der Waals surface area contributed by atoms with Crippen LogP contribution in [0.5, 0.6) is 0 Å². The van der Waals surface area contributed by atoms with Gasteiger partial charge in [-0.05, 0) is 17.7 Å². The van der Waals surface area contributed by atoms with Gasteiger partial charge in [-0.2, -0.15) is 0 Å². The minimum atomic E-state index is -0.362. The number of aliphatic imine (C=N–C) groups is 1. The van der Waals surface area contributed by atoms with Gasteiger partial charge in [0.1, 0.15) is 0 Å². The van der Waals surface area contributed by atoms with Crippen LogP contribution in [0.25, 0.3) is 16.7 Å². The Kier molecular flexibility index (Phi) is 4.59. The highest BCUT2D eigenvalue weighted by molar-refractivity contribution is 6.29. The molecule has 7 nitrogen and oxygen atoms in total. The predicted octanol–water partition coefficient (Wildman–Crippen LogP) is 1.78. The normalized spacial score (nSPS) is 16.3. The van der Waals surface area contributed by atoms with Crippen molar-refractivity contribution in [2.45, 2.75) is 6.04 Å². The largest absolute Gasteiger partial charge is 0.394 e. The fourth-order valence-electron chi connectivity index (χ4n) is 2.93. The van der Waals surface area contributed by atoms with Crippen molar-refractivity contribution >= 4 is 28.9 Å². The highest BCUT2D eigenvalue weighted by atomic mass is 16.3. The summed E-state index contributed by atoms with van der Waals surface area (Å²) in [6.45, 7) is -0.119. The van der Waals surface area contributed by atoms with Crippen LogP contribution >= 0.6 is 0 Å². The molecule has 0 radical (unpaired) electrons. The number of aliphatic hydroxyl groups is 1. The second-order valence-corrected chi connectivity index (χ2v) is 6.02. The third-order valence-electron chi connectivity index (χ3n) is 4.25. The maximum atomic E-state index is 11.6. The molecule has 3 aromatic rings. The number of nitrogens with zero attached hydrogens (tertiary/aromatic N) is 3. The maximum Gasteiger partial charge on any atom is 0.268 e. The summed E-state index contributed by atoms with van der Waals surface area (Å²) in [4.78, 5) is 24.4. The second kappa shape index (κ2) is 7.35. The Morgan fingerprint density at radius 3 is 2.56 bits per heavy atom. The molecule has 4 rings (SSSR count). The lowest BCUT2D eigenvalue weighted by atomic mass is 10.0. The first kappa shape index (κ1) is 16.9. The molecule has 1 amide bonds. The molecule has 27 heavy (non-hydrogen) atoms. The number of rotatable bonds is 5. The Labute approximate surface area is 155 Å². The van der Waals surface area contributed by atoms with Gasteiger partial charge >= 0.3 is 0 Å². The summed E-state index contributed by atoms with van der Waals surface area (Å²) in [6.07, 6.45) is 4.50. The Bertz CT molecular complexity index is 1050. The predicted molar refractivity (Wildman–Crippen MR) is 102 cm³/mol. The standard InChI is InChI=1S/C20H17N5O2/c26-12-17(13-4-2-1-3-5-13)24-19(20-23-11-18(27)25-20)14-6-7-15-16(10-14)22-9-8-21-15/h1-11,17,24,26H,12H2,(H,25,27)/t17-/m0/s1. The van der Waals surface area contributed by atoms with Gasteiger partial charge in [-0.3, -0.25) is 14.8 Å². The van der Waals surface area contributed by atoms with E-state index in [2.05, 4.69) is 25.6 Å². The maximum absolute atomic E-state index is 11.6. The number of carbonyl (C=O) groups excluding carboxylic acids is 1. The van der Waals surface area contributed by atoms with Crippen LogP contribution in [0.3, 0.4) is 0 Å². The van der Waals surface area contributed by atoms with Gasteiger partial charge < -0.3 is 15.7 Å². The summed E-state index contributed by atoms with van der Waals surface area (Å²) in [6, 6.07) is 14.8. The zero-order valence-corrected chi connectivity index (χ0v) is 14.3. The fourth-order valence-corrected chi connectivity index (χ4v) is 2.93. The smallest absolute Gasteiger partial charge is 0.268 e. The Hall–Kier alpha value is -3.58. The molecule has 7 heteroatoms. The molecule has 0 saturated heterocycles. The molecule has 2 aromatic carbocycles. The first-order valence-corrected chi connectivity index (χ1v) is 8.47. The van der Waals surface area contributed by atoms with E-state index in [-0.39, 0.29) is 18.6 Å². The molecule has 1 aliphatic heterocycles. The van der Waals surface area contributed by atoms with Gasteiger partial charge in [0, 0.05) is 18.0 Å². The van der Waals surface area contributed by atoms with Gasteiger partial charge in [-0.1, -0.05) is 36.4 Å². The Morgan fingerprint density at radius 1 is 1.07 bits per heavy atom. The SMILES string of the molecule is O=C1C=NC(=C(N[C@@H](CO)c2ccccc2)c2ccc3nccnc3c2)N1. The lowest BCUT2D eigenvalue weighted by Crippen LogP contribution is -2.27. The Morgan fingerprint density at radius 2 is 1.85 bits per heavy atom. The van der Waals surface area contributed by atoms with Crippen molar-refractivity contribution < 1.29 is 9.90 Å². The minimum Gasteiger partial charge on any atom is -0.394 e. The third-order valence-corrected chi connectivity index (χ3v) is 4.25. The number of carbonyl (C=O) groups is 1. The van der Waals surface area contributed by atoms with Crippen molar-refractivity contribution in [1.82, 2.24) is 20.6 Å². The van der Waals surface area contributed by atoms with Crippen molar-refractivity contribution in [2.24, 2.45) is 4.99 Å². The summed E-state index contributed by atoms with van der Waals surface area (Å²) in [5.74, 6) is 0.114. The molecule has 1 atom stereocenters. The number of hydrogen-bond acceptors (Lipinski definition) is 6. The molecule has 2 heterocycles. The number of fused-ring (bicyclic) bond motifs is 1. The number of nitrogens with one attached hydrogen (secondary N) is 2. The first-order chi connectivity index (χ1) is 13.2. The van der Waals surface area contributed by atoms with Crippen LogP contribution in [0.15, 0.2) is 71.7 Å². The van der Waals surface area contributed by atoms with Crippen molar-refractivity contribution in [2.75, 3.05) is 6.61 Å². The van der Waals surface area contributed by atoms with E-state index in [1.54, 1.807) is 12.4 Å². The van der Waals surface area contributed by atoms with E-state index < -0.39 is 0 Å². The fraction of sp³-hybridized carbons (Fsp3) is 0.100. The molecule has 3 N–H and O–H groups in total. The van der Waals surface area contributed by atoms with Crippen LogP contribution in [0.1, 0.15) is 17.2 Å². The Balaban J connectivity index is 1.77. The van der Waals surface area contributed by atoms with E-state index in [1.165, 1.54) is 6.21 Å². The molecule has 134 valence electrons. The average molecular weight is 359 g/mol. The monoisotopic (exact) mass is 359 g/mol. The molecular formula is C20H17N5O2. The van der Waals surface area contributed by atoms with Gasteiger partial charge in [-0.15, -0.1) is 0 Å². The number of amides is 1. The van der Waals surface area contributed by atoms with Crippen molar-refractivity contribution in [1.29, 1.82) is 0 Å². The quantitative estimate of drug-likeness (QED) is 0.645. The molecule has 0 aliphatic carbocycles. The molecule has 0 bridgehead atoms. The number of aliphatic hydroxyl groups excluding tert-OH is 1. The molecule has 0 unspecified atom stereocenters. The number of aromatic nitrogens is 2. The highest BCUT2D eigenvalue weighted by Gasteiger charge is 2.20. The van der Waals surface area contributed by atoms with E-state index in [4.69, 9.17) is 0 Å². The number of benzene rings is 2. The summed E-state index contributed by atoms with van der Waals surface area (Å²) < 4.78 is 0. The minimum absolute atomic E-state index is 0.119. The van der Waals surface area contributed by atoms with Gasteiger partial charge in [0.2, 0.25) is 0 Å². The van der Waals surface area contributed by atoms with Gasteiger partial charge in [0.15, 0.2) is 5.82 Å². The lowest BCUT2D eigenvalue weighted by molar-refractivity contribution is -0.113. The van der Waals surface area contributed by atoms with Crippen LogP contribution in [0, 0.1) is 0 Å². The van der Waals surface area contributed by atoms with Crippen LogP contribution in [-0.2, 0) is 4.79 Å². The molecule has 0 spiro atoms. The summed E-state index contributed by atoms with van der Waals surface area (Å²) in [5, 5.41) is 15.9. The summed E-state index contributed by atoms with van der Waals surface area (Å²) in [5.41, 5.74) is 3.81. The topological polar surface area (TPSA) is 99.5 Å². The van der Waals surface area contributed by atoms with E-state index in [1.807, 2.05) is 48.5 Å². The zero-order valence-electron chi connectivity index (χ0n) is 14.3.